The molecule has 0 radical (unpaired) electrons. The van der Waals surface area contributed by atoms with Crippen LogP contribution >= 0.6 is 12.2 Å². The van der Waals surface area contributed by atoms with Gasteiger partial charge < -0.3 is 24.6 Å². The van der Waals surface area contributed by atoms with E-state index in [0.29, 0.717) is 6.04 Å². The Morgan fingerprint density at radius 1 is 1.21 bits per heavy atom. The molecule has 0 amide bonds. The molecule has 0 unspecified atom stereocenters. The number of rotatable bonds is 5. The molecule has 1 saturated heterocycles. The van der Waals surface area contributed by atoms with Crippen molar-refractivity contribution < 1.29 is 14.4 Å². The van der Waals surface area contributed by atoms with Crippen molar-refractivity contribution in [3.05, 3.63) is 23.3 Å². The summed E-state index contributed by atoms with van der Waals surface area (Å²) in [6.07, 6.45) is 0. The minimum Gasteiger partial charge on any atom is -0.493 e. The van der Waals surface area contributed by atoms with Gasteiger partial charge in [0.15, 0.2) is 16.6 Å². The lowest BCUT2D eigenvalue weighted by Gasteiger charge is -2.34. The monoisotopic (exact) mass is 352 g/mol. The second-order valence-corrected chi connectivity index (χ2v) is 7.04. The minimum absolute atomic E-state index is 0.386. The van der Waals surface area contributed by atoms with Crippen LogP contribution < -0.4 is 19.7 Å². The quantitative estimate of drug-likeness (QED) is 0.774. The van der Waals surface area contributed by atoms with Crippen molar-refractivity contribution in [3.63, 3.8) is 0 Å². The van der Waals surface area contributed by atoms with Crippen LogP contribution in [0, 0.1) is 6.92 Å². The fourth-order valence-electron chi connectivity index (χ4n) is 3.02. The van der Waals surface area contributed by atoms with Crippen LogP contribution in [0.4, 0.5) is 0 Å². The third-order valence-corrected chi connectivity index (χ3v) is 4.83. The van der Waals surface area contributed by atoms with Gasteiger partial charge in [-0.25, -0.2) is 0 Å². The summed E-state index contributed by atoms with van der Waals surface area (Å²) in [5.41, 5.74) is 2.57. The van der Waals surface area contributed by atoms with Gasteiger partial charge in [0.25, 0.3) is 0 Å². The molecule has 6 heteroatoms. The van der Waals surface area contributed by atoms with Gasteiger partial charge in [-0.15, -0.1) is 0 Å². The predicted octanol–water partition coefficient (Wildman–Crippen LogP) is 0.996. The number of ether oxygens (including phenoxy) is 2. The maximum Gasteiger partial charge on any atom is 0.169 e. The number of hydrogen-bond donors (Lipinski definition) is 2. The molecule has 0 bridgehead atoms. The highest BCUT2D eigenvalue weighted by atomic mass is 32.1. The molecule has 1 aliphatic rings. The Morgan fingerprint density at radius 2 is 1.79 bits per heavy atom. The normalized spacial score (nSPS) is 15.5. The van der Waals surface area contributed by atoms with Gasteiger partial charge >= 0.3 is 0 Å². The van der Waals surface area contributed by atoms with Gasteiger partial charge in [0.05, 0.1) is 40.4 Å². The lowest BCUT2D eigenvalue weighted by molar-refractivity contribution is -0.917. The number of aryl methyl sites for hydroxylation is 1. The van der Waals surface area contributed by atoms with Gasteiger partial charge in [-0.05, 0) is 50.7 Å². The number of thiocarbonyl (C=S) groups is 1. The van der Waals surface area contributed by atoms with Gasteiger partial charge in [0.1, 0.15) is 6.54 Å². The lowest BCUT2D eigenvalue weighted by atomic mass is 10.1. The molecule has 134 valence electrons. The summed E-state index contributed by atoms with van der Waals surface area (Å²) in [6, 6.07) is 4.56. The number of piperazine rings is 1. The first-order valence-electron chi connectivity index (χ1n) is 8.55. The van der Waals surface area contributed by atoms with Crippen LogP contribution in [-0.4, -0.2) is 56.5 Å². The molecule has 0 saturated carbocycles. The molecule has 0 atom stereocenters. The van der Waals surface area contributed by atoms with E-state index in [2.05, 4.69) is 43.1 Å². The van der Waals surface area contributed by atoms with E-state index in [9.17, 15) is 0 Å². The highest BCUT2D eigenvalue weighted by Crippen LogP contribution is 2.29. The number of hydrogen-bond acceptors (Lipinski definition) is 3. The topological polar surface area (TPSA) is 38.2 Å². The molecule has 2 rings (SSSR count). The van der Waals surface area contributed by atoms with Crippen LogP contribution in [0.25, 0.3) is 0 Å². The smallest absolute Gasteiger partial charge is 0.169 e. The first kappa shape index (κ1) is 18.8. The fraction of sp³-hybridized carbons (Fsp3) is 0.611. The summed E-state index contributed by atoms with van der Waals surface area (Å²) < 4.78 is 10.8. The average Bonchev–Trinajstić information content (AvgIpc) is 2.56. The van der Waals surface area contributed by atoms with Crippen molar-refractivity contribution in [2.45, 2.75) is 33.4 Å². The van der Waals surface area contributed by atoms with Crippen LogP contribution in [0.2, 0.25) is 0 Å². The number of quaternary nitrogens is 1. The SMILES string of the molecule is COc1cc(C)c(C[NH+]2CCN(C(=S)NC(C)C)CC2)cc1OC. The molecule has 1 aliphatic heterocycles. The number of benzene rings is 1. The lowest BCUT2D eigenvalue weighted by Crippen LogP contribution is -3.13. The van der Waals surface area contributed by atoms with Crippen molar-refractivity contribution in [1.29, 1.82) is 0 Å². The molecule has 0 aliphatic carbocycles. The summed E-state index contributed by atoms with van der Waals surface area (Å²) in [5.74, 6) is 1.60. The van der Waals surface area contributed by atoms with E-state index in [1.807, 2.05) is 0 Å². The van der Waals surface area contributed by atoms with Crippen molar-refractivity contribution in [2.24, 2.45) is 0 Å². The standard InChI is InChI=1S/C18H29N3O2S/c1-13(2)19-18(24)21-8-6-20(7-9-21)12-15-11-17(23-5)16(22-4)10-14(15)3/h10-11,13H,6-9,12H2,1-5H3,(H,19,24)/p+1. The molecule has 0 aromatic heterocycles. The van der Waals surface area contributed by atoms with Crippen molar-refractivity contribution in [2.75, 3.05) is 40.4 Å². The van der Waals surface area contributed by atoms with E-state index in [4.69, 9.17) is 21.7 Å². The van der Waals surface area contributed by atoms with Crippen molar-refractivity contribution in [3.8, 4) is 11.5 Å². The number of methoxy groups -OCH3 is 2. The second-order valence-electron chi connectivity index (χ2n) is 6.65. The van der Waals surface area contributed by atoms with Gasteiger partial charge in [0.2, 0.25) is 0 Å². The van der Waals surface area contributed by atoms with Crippen LogP contribution in [0.15, 0.2) is 12.1 Å². The Bertz CT molecular complexity index is 570. The Labute approximate surface area is 150 Å². The van der Waals surface area contributed by atoms with Crippen LogP contribution in [0.5, 0.6) is 11.5 Å². The Morgan fingerprint density at radius 3 is 2.33 bits per heavy atom. The summed E-state index contributed by atoms with van der Waals surface area (Å²) in [6.45, 7) is 11.6. The first-order valence-corrected chi connectivity index (χ1v) is 8.96. The number of nitrogens with one attached hydrogen (secondary N) is 2. The third kappa shape index (κ3) is 4.74. The maximum atomic E-state index is 5.47. The highest BCUT2D eigenvalue weighted by Gasteiger charge is 2.23. The summed E-state index contributed by atoms with van der Waals surface area (Å²) >= 11 is 5.47. The molecule has 2 N–H and O–H groups in total. The minimum atomic E-state index is 0.386. The largest absolute Gasteiger partial charge is 0.493 e. The molecular formula is C18H30N3O2S+. The maximum absolute atomic E-state index is 5.47. The first-order chi connectivity index (χ1) is 11.4. The van der Waals surface area contributed by atoms with E-state index in [0.717, 1.165) is 49.3 Å². The zero-order valence-corrected chi connectivity index (χ0v) is 16.3. The number of nitrogens with zero attached hydrogens (tertiary/aromatic N) is 1. The molecule has 1 heterocycles. The fourth-order valence-corrected chi connectivity index (χ4v) is 3.44. The van der Waals surface area contributed by atoms with Crippen molar-refractivity contribution >= 4 is 17.3 Å². The van der Waals surface area contributed by atoms with Crippen LogP contribution in [-0.2, 0) is 6.54 Å². The molecule has 24 heavy (non-hydrogen) atoms. The zero-order chi connectivity index (χ0) is 17.7. The van der Waals surface area contributed by atoms with E-state index >= 15 is 0 Å². The molecule has 1 aromatic carbocycles. The summed E-state index contributed by atoms with van der Waals surface area (Å²) in [4.78, 5) is 3.86. The average molecular weight is 353 g/mol. The second kappa shape index (κ2) is 8.53. The molecule has 5 nitrogen and oxygen atoms in total. The van der Waals surface area contributed by atoms with Gasteiger partial charge in [-0.3, -0.25) is 0 Å². The van der Waals surface area contributed by atoms with Crippen LogP contribution in [0.1, 0.15) is 25.0 Å². The molecule has 1 aromatic rings. The van der Waals surface area contributed by atoms with E-state index in [1.165, 1.54) is 11.1 Å². The molecular weight excluding hydrogens is 322 g/mol. The van der Waals surface area contributed by atoms with E-state index < -0.39 is 0 Å². The van der Waals surface area contributed by atoms with Gasteiger partial charge in [-0.1, -0.05) is 0 Å². The Kier molecular flexibility index (Phi) is 6.69. The summed E-state index contributed by atoms with van der Waals surface area (Å²) in [5, 5.41) is 4.21. The highest BCUT2D eigenvalue weighted by molar-refractivity contribution is 7.80. The van der Waals surface area contributed by atoms with Crippen molar-refractivity contribution in [1.82, 2.24) is 10.2 Å². The van der Waals surface area contributed by atoms with Gasteiger partial charge in [-0.2, -0.15) is 0 Å². The molecule has 0 spiro atoms. The van der Waals surface area contributed by atoms with Crippen LogP contribution in [0.3, 0.4) is 0 Å². The third-order valence-electron chi connectivity index (χ3n) is 4.45. The van der Waals surface area contributed by atoms with Gasteiger partial charge in [0, 0.05) is 11.6 Å². The zero-order valence-electron chi connectivity index (χ0n) is 15.4. The van der Waals surface area contributed by atoms with E-state index in [-0.39, 0.29) is 0 Å². The Balaban J connectivity index is 1.95. The van der Waals surface area contributed by atoms with E-state index in [1.54, 1.807) is 19.1 Å². The molecule has 1 fully saturated rings. The Hall–Kier alpha value is -1.53. The summed E-state index contributed by atoms with van der Waals surface area (Å²) in [7, 11) is 3.36. The predicted molar refractivity (Wildman–Crippen MR) is 101 cm³/mol.